The van der Waals surface area contributed by atoms with Gasteiger partial charge in [-0.1, -0.05) is 0 Å². The number of thiazole rings is 1. The number of nitrogens with zero attached hydrogens (tertiary/aromatic N) is 2. The van der Waals surface area contributed by atoms with Crippen molar-refractivity contribution in [2.45, 2.75) is 13.1 Å². The molecular weight excluding hydrogens is 327 g/mol. The Bertz CT molecular complexity index is 844. The highest BCUT2D eigenvalue weighted by atomic mass is 32.1. The van der Waals surface area contributed by atoms with E-state index in [-0.39, 0.29) is 5.88 Å². The molecule has 0 saturated carbocycles. The summed E-state index contributed by atoms with van der Waals surface area (Å²) in [4.78, 5) is 8.13. The van der Waals surface area contributed by atoms with Crippen molar-refractivity contribution in [2.75, 3.05) is 12.4 Å². The maximum absolute atomic E-state index is 12.5. The van der Waals surface area contributed by atoms with Gasteiger partial charge in [0.2, 0.25) is 5.88 Å². The van der Waals surface area contributed by atoms with Gasteiger partial charge in [-0.25, -0.2) is 9.97 Å². The first-order valence-electron chi connectivity index (χ1n) is 6.67. The topological polar surface area (TPSA) is 47.0 Å². The van der Waals surface area contributed by atoms with Crippen LogP contribution in [0, 0.1) is 6.92 Å². The Morgan fingerprint density at radius 3 is 2.57 bits per heavy atom. The maximum atomic E-state index is 12.5. The van der Waals surface area contributed by atoms with Gasteiger partial charge in [0.05, 0.1) is 21.0 Å². The molecular formula is C15H12F3N3OS. The molecule has 2 heterocycles. The monoisotopic (exact) mass is 339 g/mol. The lowest BCUT2D eigenvalue weighted by Gasteiger charge is -2.09. The largest absolute Gasteiger partial charge is 0.437 e. The lowest BCUT2D eigenvalue weighted by atomic mass is 10.2. The Balaban J connectivity index is 1.96. The maximum Gasteiger partial charge on any atom is 0.417 e. The van der Waals surface area contributed by atoms with Crippen molar-refractivity contribution in [3.63, 3.8) is 0 Å². The summed E-state index contributed by atoms with van der Waals surface area (Å²) >= 11 is 1.51. The van der Waals surface area contributed by atoms with Gasteiger partial charge in [-0.3, -0.25) is 0 Å². The highest BCUT2D eigenvalue weighted by molar-refractivity contribution is 7.19. The minimum absolute atomic E-state index is 0.0853. The van der Waals surface area contributed by atoms with Gasteiger partial charge >= 0.3 is 6.18 Å². The number of aromatic nitrogens is 2. The number of rotatable bonds is 3. The van der Waals surface area contributed by atoms with Crippen LogP contribution in [0.15, 0.2) is 30.5 Å². The van der Waals surface area contributed by atoms with Crippen LogP contribution in [0.2, 0.25) is 0 Å². The number of pyridine rings is 1. The van der Waals surface area contributed by atoms with E-state index in [0.717, 1.165) is 27.7 Å². The van der Waals surface area contributed by atoms with Gasteiger partial charge in [0.1, 0.15) is 5.52 Å². The summed E-state index contributed by atoms with van der Waals surface area (Å²) in [5.74, 6) is 0.540. The number of fused-ring (bicyclic) bond motifs is 1. The average Bonchev–Trinajstić information content (AvgIpc) is 2.89. The molecule has 4 nitrogen and oxygen atoms in total. The predicted octanol–water partition coefficient (Wildman–Crippen LogP) is 4.85. The number of anilines is 1. The second-order valence-corrected chi connectivity index (χ2v) is 5.96. The molecule has 0 aliphatic carbocycles. The molecule has 0 aliphatic heterocycles. The summed E-state index contributed by atoms with van der Waals surface area (Å²) in [5, 5.41) is 3.94. The predicted molar refractivity (Wildman–Crippen MR) is 83.2 cm³/mol. The summed E-state index contributed by atoms with van der Waals surface area (Å²) < 4.78 is 44.2. The molecule has 2 aromatic heterocycles. The van der Waals surface area contributed by atoms with Crippen LogP contribution in [-0.2, 0) is 6.18 Å². The van der Waals surface area contributed by atoms with Crippen LogP contribution < -0.4 is 10.1 Å². The lowest BCUT2D eigenvalue weighted by Crippen LogP contribution is -2.05. The Morgan fingerprint density at radius 2 is 1.96 bits per heavy atom. The first kappa shape index (κ1) is 15.5. The number of halogens is 3. The Kier molecular flexibility index (Phi) is 3.85. The molecule has 0 aliphatic rings. The molecule has 0 spiro atoms. The summed E-state index contributed by atoms with van der Waals surface area (Å²) in [6.45, 7) is 1.88. The van der Waals surface area contributed by atoms with Crippen LogP contribution in [0.4, 0.5) is 18.9 Å². The third-order valence-electron chi connectivity index (χ3n) is 3.16. The fourth-order valence-corrected chi connectivity index (χ4v) is 3.05. The number of nitrogens with one attached hydrogen (secondary N) is 1. The normalized spacial score (nSPS) is 11.7. The number of benzene rings is 1. The third kappa shape index (κ3) is 3.07. The summed E-state index contributed by atoms with van der Waals surface area (Å²) in [5.41, 5.74) is 0.754. The van der Waals surface area contributed by atoms with E-state index in [4.69, 9.17) is 4.74 Å². The first-order valence-corrected chi connectivity index (χ1v) is 7.49. The molecule has 0 unspecified atom stereocenters. The SMILES string of the molecule is CNc1ccc(Oc2ccc(C(F)(F)F)cn2)c2nc(C)sc12. The smallest absolute Gasteiger partial charge is 0.417 e. The van der Waals surface area contributed by atoms with Gasteiger partial charge in [-0.2, -0.15) is 13.2 Å². The minimum atomic E-state index is -4.42. The van der Waals surface area contributed by atoms with Crippen molar-refractivity contribution >= 4 is 27.2 Å². The number of alkyl halides is 3. The molecule has 3 aromatic rings. The first-order chi connectivity index (χ1) is 10.9. The Morgan fingerprint density at radius 1 is 1.17 bits per heavy atom. The molecule has 1 N–H and O–H groups in total. The molecule has 0 saturated heterocycles. The van der Waals surface area contributed by atoms with Crippen LogP contribution in [0.5, 0.6) is 11.6 Å². The van der Waals surface area contributed by atoms with Gasteiger partial charge in [0.25, 0.3) is 0 Å². The second-order valence-electron chi connectivity index (χ2n) is 4.76. The molecule has 8 heteroatoms. The molecule has 0 radical (unpaired) electrons. The second kappa shape index (κ2) is 5.69. The van der Waals surface area contributed by atoms with Gasteiger partial charge in [-0.15, -0.1) is 11.3 Å². The molecule has 1 aromatic carbocycles. The standard InChI is InChI=1S/C15H12F3N3OS/c1-8-21-13-11(5-4-10(19-2)14(13)23-8)22-12-6-3-9(7-20-12)15(16,17)18/h3-7,19H,1-2H3. The van der Waals surface area contributed by atoms with Gasteiger partial charge < -0.3 is 10.1 Å². The van der Waals surface area contributed by atoms with E-state index >= 15 is 0 Å². The van der Waals surface area contributed by atoms with Crippen LogP contribution >= 0.6 is 11.3 Å². The number of hydrogen-bond acceptors (Lipinski definition) is 5. The zero-order chi connectivity index (χ0) is 16.6. The average molecular weight is 339 g/mol. The Hall–Kier alpha value is -2.35. The molecule has 23 heavy (non-hydrogen) atoms. The summed E-state index contributed by atoms with van der Waals surface area (Å²) in [7, 11) is 1.81. The molecule has 0 amide bonds. The molecule has 0 atom stereocenters. The fourth-order valence-electron chi connectivity index (χ4n) is 2.09. The number of ether oxygens (including phenoxy) is 1. The highest BCUT2D eigenvalue weighted by Gasteiger charge is 2.30. The number of hydrogen-bond donors (Lipinski definition) is 1. The van der Waals surface area contributed by atoms with E-state index in [2.05, 4.69) is 15.3 Å². The van der Waals surface area contributed by atoms with E-state index in [1.54, 1.807) is 6.07 Å². The van der Waals surface area contributed by atoms with Crippen LogP contribution in [0.3, 0.4) is 0 Å². The zero-order valence-electron chi connectivity index (χ0n) is 12.2. The van der Waals surface area contributed by atoms with E-state index in [1.165, 1.54) is 17.4 Å². The van der Waals surface area contributed by atoms with E-state index in [9.17, 15) is 13.2 Å². The molecule has 0 fully saturated rings. The van der Waals surface area contributed by atoms with Crippen molar-refractivity contribution < 1.29 is 17.9 Å². The van der Waals surface area contributed by atoms with Crippen LogP contribution in [0.1, 0.15) is 10.6 Å². The van der Waals surface area contributed by atoms with Crippen molar-refractivity contribution in [1.29, 1.82) is 0 Å². The van der Waals surface area contributed by atoms with Gasteiger partial charge in [-0.05, 0) is 25.1 Å². The van der Waals surface area contributed by atoms with E-state index < -0.39 is 11.7 Å². The Labute approximate surface area is 134 Å². The van der Waals surface area contributed by atoms with Gasteiger partial charge in [0.15, 0.2) is 5.75 Å². The van der Waals surface area contributed by atoms with Crippen LogP contribution in [0.25, 0.3) is 10.2 Å². The van der Waals surface area contributed by atoms with Crippen molar-refractivity contribution in [1.82, 2.24) is 9.97 Å². The molecule has 3 rings (SSSR count). The quantitative estimate of drug-likeness (QED) is 0.741. The summed E-state index contributed by atoms with van der Waals surface area (Å²) in [6.07, 6.45) is -3.67. The number of aryl methyl sites for hydroxylation is 1. The van der Waals surface area contributed by atoms with Gasteiger partial charge in [0, 0.05) is 19.3 Å². The van der Waals surface area contributed by atoms with Crippen LogP contribution in [-0.4, -0.2) is 17.0 Å². The van der Waals surface area contributed by atoms with Crippen molar-refractivity contribution in [2.24, 2.45) is 0 Å². The van der Waals surface area contributed by atoms with Crippen molar-refractivity contribution in [3.05, 3.63) is 41.0 Å². The third-order valence-corrected chi connectivity index (χ3v) is 4.17. The van der Waals surface area contributed by atoms with E-state index in [1.807, 2.05) is 20.0 Å². The van der Waals surface area contributed by atoms with E-state index in [0.29, 0.717) is 11.3 Å². The minimum Gasteiger partial charge on any atom is -0.437 e. The lowest BCUT2D eigenvalue weighted by molar-refractivity contribution is -0.137. The molecule has 120 valence electrons. The summed E-state index contributed by atoms with van der Waals surface area (Å²) in [6, 6.07) is 5.68. The van der Waals surface area contributed by atoms with Crippen molar-refractivity contribution in [3.8, 4) is 11.6 Å². The zero-order valence-corrected chi connectivity index (χ0v) is 13.0. The highest BCUT2D eigenvalue weighted by Crippen LogP contribution is 2.37. The fraction of sp³-hybridized carbons (Fsp3) is 0.200. The molecule has 0 bridgehead atoms.